The Bertz CT molecular complexity index is 772. The highest BCUT2D eigenvalue weighted by molar-refractivity contribution is 7.20. The summed E-state index contributed by atoms with van der Waals surface area (Å²) in [7, 11) is 1.88. The zero-order valence-corrected chi connectivity index (χ0v) is 14.2. The zero-order chi connectivity index (χ0) is 17.5. The molecule has 0 aromatic carbocycles. The Morgan fingerprint density at radius 3 is 2.88 bits per heavy atom. The summed E-state index contributed by atoms with van der Waals surface area (Å²) in [6.45, 7) is 3.97. The van der Waals surface area contributed by atoms with Crippen molar-refractivity contribution in [1.82, 2.24) is 15.2 Å². The number of aryl methyl sites for hydroxylation is 1. The van der Waals surface area contributed by atoms with Crippen LogP contribution in [0, 0.1) is 12.8 Å². The number of nitrogens with one attached hydrogen (secondary N) is 1. The number of pyridine rings is 1. The number of fused-ring (bicyclic) bond motifs is 1. The predicted octanol–water partition coefficient (Wildman–Crippen LogP) is 3.31. The molecule has 1 amide bonds. The summed E-state index contributed by atoms with van der Waals surface area (Å²) in [6, 6.07) is 2.37. The third-order valence-electron chi connectivity index (χ3n) is 4.35. The molecule has 0 bridgehead atoms. The van der Waals surface area contributed by atoms with Gasteiger partial charge in [0.2, 0.25) is 0 Å². The summed E-state index contributed by atoms with van der Waals surface area (Å²) in [5.74, 6) is 0.311. The molecule has 0 spiro atoms. The predicted molar refractivity (Wildman–Crippen MR) is 87.3 cm³/mol. The highest BCUT2D eigenvalue weighted by atomic mass is 32.1. The van der Waals surface area contributed by atoms with Gasteiger partial charge in [0.15, 0.2) is 0 Å². The van der Waals surface area contributed by atoms with Crippen molar-refractivity contribution < 1.29 is 18.0 Å². The highest BCUT2D eigenvalue weighted by Gasteiger charge is 2.34. The normalized spacial score (nSPS) is 18.5. The largest absolute Gasteiger partial charge is 0.433 e. The number of halogens is 3. The molecule has 0 saturated carbocycles. The van der Waals surface area contributed by atoms with E-state index in [1.54, 1.807) is 11.8 Å². The number of nitrogens with zero attached hydrogens (tertiary/aromatic N) is 2. The third-order valence-corrected chi connectivity index (χ3v) is 5.54. The van der Waals surface area contributed by atoms with Crippen LogP contribution in [0.3, 0.4) is 0 Å². The van der Waals surface area contributed by atoms with Gasteiger partial charge in [0.1, 0.15) is 10.5 Å². The number of rotatable bonds is 3. The number of aromatic nitrogens is 1. The number of amides is 1. The molecule has 2 aromatic heterocycles. The number of likely N-dealkylation sites (tertiary alicyclic amines) is 1. The van der Waals surface area contributed by atoms with Gasteiger partial charge in [0.25, 0.3) is 5.91 Å². The maximum absolute atomic E-state index is 12.8. The minimum absolute atomic E-state index is 0.109. The van der Waals surface area contributed by atoms with Crippen molar-refractivity contribution in [3.63, 3.8) is 0 Å². The van der Waals surface area contributed by atoms with E-state index in [1.165, 1.54) is 6.07 Å². The zero-order valence-electron chi connectivity index (χ0n) is 13.4. The number of carbonyl (C=O) groups excluding carboxylic acids is 1. The van der Waals surface area contributed by atoms with Crippen LogP contribution < -0.4 is 5.32 Å². The Balaban J connectivity index is 1.90. The average Bonchev–Trinajstić information content (AvgIpc) is 3.11. The molecule has 8 heteroatoms. The van der Waals surface area contributed by atoms with Crippen molar-refractivity contribution in [2.24, 2.45) is 5.92 Å². The second kappa shape index (κ2) is 6.33. The van der Waals surface area contributed by atoms with Crippen LogP contribution in [0.2, 0.25) is 0 Å². The van der Waals surface area contributed by atoms with Gasteiger partial charge in [-0.3, -0.25) is 4.79 Å². The first kappa shape index (κ1) is 17.2. The molecule has 1 fully saturated rings. The summed E-state index contributed by atoms with van der Waals surface area (Å²) >= 11 is 1.05. The molecule has 2 aromatic rings. The maximum atomic E-state index is 12.8. The molecule has 0 aliphatic carbocycles. The molecule has 1 atom stereocenters. The van der Waals surface area contributed by atoms with Crippen LogP contribution in [0.5, 0.6) is 0 Å². The Kier molecular flexibility index (Phi) is 4.52. The van der Waals surface area contributed by atoms with E-state index < -0.39 is 11.9 Å². The fraction of sp³-hybridized carbons (Fsp3) is 0.500. The first-order valence-corrected chi connectivity index (χ1v) is 8.54. The van der Waals surface area contributed by atoms with E-state index in [0.717, 1.165) is 30.4 Å². The fourth-order valence-electron chi connectivity index (χ4n) is 3.08. The number of alkyl halides is 3. The number of thiophene rings is 1. The van der Waals surface area contributed by atoms with Crippen LogP contribution in [0.4, 0.5) is 13.2 Å². The third kappa shape index (κ3) is 3.12. The van der Waals surface area contributed by atoms with Crippen LogP contribution in [0.1, 0.15) is 27.3 Å². The van der Waals surface area contributed by atoms with Crippen molar-refractivity contribution in [2.75, 3.05) is 26.7 Å². The molecule has 3 heterocycles. The minimum atomic E-state index is -4.48. The first-order chi connectivity index (χ1) is 11.3. The number of hydrogen-bond acceptors (Lipinski definition) is 4. The Hall–Kier alpha value is -1.67. The molecule has 1 N–H and O–H groups in total. The molecule has 0 radical (unpaired) electrons. The molecular formula is C16H18F3N3OS. The van der Waals surface area contributed by atoms with Gasteiger partial charge in [0.05, 0.1) is 4.88 Å². The standard InChI is InChI=1S/C16H18F3N3OS/c1-9-11-3-4-12(16(17,18)19)21-14(11)24-13(9)15(23)22-6-5-10(8-22)7-20-2/h3-4,10,20H,5-8H2,1-2H3. The van der Waals surface area contributed by atoms with Crippen molar-refractivity contribution >= 4 is 27.5 Å². The van der Waals surface area contributed by atoms with E-state index in [2.05, 4.69) is 10.3 Å². The average molecular weight is 357 g/mol. The van der Waals surface area contributed by atoms with Crippen molar-refractivity contribution in [2.45, 2.75) is 19.5 Å². The van der Waals surface area contributed by atoms with Crippen LogP contribution in [0.15, 0.2) is 12.1 Å². The van der Waals surface area contributed by atoms with Gasteiger partial charge >= 0.3 is 6.18 Å². The van der Waals surface area contributed by atoms with Crippen LogP contribution in [-0.4, -0.2) is 42.5 Å². The topological polar surface area (TPSA) is 45.2 Å². The Labute approximate surface area is 141 Å². The fourth-order valence-corrected chi connectivity index (χ4v) is 4.23. The van der Waals surface area contributed by atoms with Gasteiger partial charge in [-0.15, -0.1) is 11.3 Å². The van der Waals surface area contributed by atoms with E-state index in [-0.39, 0.29) is 10.7 Å². The molecular weight excluding hydrogens is 339 g/mol. The van der Waals surface area contributed by atoms with Crippen LogP contribution in [-0.2, 0) is 6.18 Å². The highest BCUT2D eigenvalue weighted by Crippen LogP contribution is 2.35. The van der Waals surface area contributed by atoms with Gasteiger partial charge in [-0.25, -0.2) is 4.98 Å². The van der Waals surface area contributed by atoms with Gasteiger partial charge in [-0.2, -0.15) is 13.2 Å². The molecule has 130 valence electrons. The lowest BCUT2D eigenvalue weighted by Gasteiger charge is -2.16. The van der Waals surface area contributed by atoms with Gasteiger partial charge < -0.3 is 10.2 Å². The molecule has 1 aliphatic rings. The summed E-state index contributed by atoms with van der Waals surface area (Å²) in [5, 5.41) is 3.72. The van der Waals surface area contributed by atoms with Crippen molar-refractivity contribution in [3.05, 3.63) is 28.3 Å². The van der Waals surface area contributed by atoms with E-state index in [1.807, 2.05) is 7.05 Å². The number of hydrogen-bond donors (Lipinski definition) is 1. The smallest absolute Gasteiger partial charge is 0.338 e. The lowest BCUT2D eigenvalue weighted by Crippen LogP contribution is -2.30. The molecule has 1 unspecified atom stereocenters. The lowest BCUT2D eigenvalue weighted by molar-refractivity contribution is -0.140. The van der Waals surface area contributed by atoms with Crippen molar-refractivity contribution in [1.29, 1.82) is 0 Å². The van der Waals surface area contributed by atoms with Crippen LogP contribution >= 0.6 is 11.3 Å². The van der Waals surface area contributed by atoms with Gasteiger partial charge in [-0.05, 0) is 50.6 Å². The second-order valence-corrected chi connectivity index (χ2v) is 7.07. The lowest BCUT2D eigenvalue weighted by atomic mass is 10.1. The minimum Gasteiger partial charge on any atom is -0.338 e. The monoisotopic (exact) mass is 357 g/mol. The van der Waals surface area contributed by atoms with E-state index in [9.17, 15) is 18.0 Å². The van der Waals surface area contributed by atoms with Gasteiger partial charge in [0, 0.05) is 18.5 Å². The summed E-state index contributed by atoms with van der Waals surface area (Å²) in [6.07, 6.45) is -3.54. The maximum Gasteiger partial charge on any atom is 0.433 e. The van der Waals surface area contributed by atoms with Crippen molar-refractivity contribution in [3.8, 4) is 0 Å². The SMILES string of the molecule is CNCC1CCN(C(=O)c2sc3nc(C(F)(F)F)ccc3c2C)C1. The van der Waals surface area contributed by atoms with E-state index in [0.29, 0.717) is 34.8 Å². The van der Waals surface area contributed by atoms with E-state index >= 15 is 0 Å². The molecule has 1 aliphatic heterocycles. The summed E-state index contributed by atoms with van der Waals surface area (Å²) < 4.78 is 38.4. The quantitative estimate of drug-likeness (QED) is 0.917. The first-order valence-electron chi connectivity index (χ1n) is 7.72. The summed E-state index contributed by atoms with van der Waals surface area (Å²) in [5.41, 5.74) is -0.219. The molecule has 3 rings (SSSR count). The van der Waals surface area contributed by atoms with Gasteiger partial charge in [-0.1, -0.05) is 0 Å². The Morgan fingerprint density at radius 2 is 2.21 bits per heavy atom. The molecule has 1 saturated heterocycles. The van der Waals surface area contributed by atoms with E-state index in [4.69, 9.17) is 0 Å². The van der Waals surface area contributed by atoms with Crippen LogP contribution in [0.25, 0.3) is 10.2 Å². The summed E-state index contributed by atoms with van der Waals surface area (Å²) in [4.78, 5) is 19.0. The Morgan fingerprint density at radius 1 is 1.46 bits per heavy atom. The number of carbonyl (C=O) groups is 1. The molecule has 4 nitrogen and oxygen atoms in total. The molecule has 24 heavy (non-hydrogen) atoms. The second-order valence-electron chi connectivity index (χ2n) is 6.07.